The van der Waals surface area contributed by atoms with E-state index in [1.54, 1.807) is 24.7 Å². The Bertz CT molecular complexity index is 951. The molecule has 2 fully saturated rings. The van der Waals surface area contributed by atoms with Gasteiger partial charge in [0.05, 0.1) is 12.2 Å². The first-order valence-electron chi connectivity index (χ1n) is 9.36. The second-order valence-electron chi connectivity index (χ2n) is 7.42. The van der Waals surface area contributed by atoms with E-state index < -0.39 is 0 Å². The van der Waals surface area contributed by atoms with Gasteiger partial charge in [0.1, 0.15) is 4.88 Å². The third-order valence-corrected chi connectivity index (χ3v) is 6.81. The minimum atomic E-state index is 0.0704. The molecule has 136 valence electrons. The van der Waals surface area contributed by atoms with Gasteiger partial charge in [-0.25, -0.2) is 15.0 Å². The Hall–Kier alpha value is -2.60. The van der Waals surface area contributed by atoms with Gasteiger partial charge >= 0.3 is 0 Å². The summed E-state index contributed by atoms with van der Waals surface area (Å²) in [7, 11) is 0. The molecule has 3 aromatic rings. The zero-order valence-corrected chi connectivity index (χ0v) is 15.7. The molecule has 1 aliphatic heterocycles. The SMILES string of the molecule is O=C(c1cnc(-c2ncccn2)s1)N1CC2(CCCC2)[C@@H]1c1ccccc1. The number of benzene rings is 1. The molecule has 2 aromatic heterocycles. The topological polar surface area (TPSA) is 59.0 Å². The molecule has 2 aliphatic rings. The van der Waals surface area contributed by atoms with Gasteiger partial charge in [0.15, 0.2) is 10.8 Å². The number of rotatable bonds is 3. The maximum absolute atomic E-state index is 13.3. The zero-order valence-electron chi connectivity index (χ0n) is 14.9. The van der Waals surface area contributed by atoms with Crippen LogP contribution in [0, 0.1) is 5.41 Å². The molecule has 6 heteroatoms. The van der Waals surface area contributed by atoms with E-state index in [1.807, 2.05) is 11.0 Å². The number of carbonyl (C=O) groups is 1. The summed E-state index contributed by atoms with van der Waals surface area (Å²) in [4.78, 5) is 28.8. The van der Waals surface area contributed by atoms with Crippen molar-refractivity contribution in [3.63, 3.8) is 0 Å². The summed E-state index contributed by atoms with van der Waals surface area (Å²) >= 11 is 1.37. The summed E-state index contributed by atoms with van der Waals surface area (Å²) in [6, 6.07) is 12.4. The highest BCUT2D eigenvalue weighted by molar-refractivity contribution is 7.16. The van der Waals surface area contributed by atoms with Gasteiger partial charge in [-0.2, -0.15) is 0 Å². The molecule has 3 heterocycles. The molecule has 0 N–H and O–H groups in total. The van der Waals surface area contributed by atoms with Gasteiger partial charge in [-0.1, -0.05) is 43.2 Å². The molecular weight excluding hydrogens is 356 g/mol. The Morgan fingerprint density at radius 2 is 1.78 bits per heavy atom. The Labute approximate surface area is 162 Å². The largest absolute Gasteiger partial charge is 0.330 e. The molecule has 1 amide bonds. The van der Waals surface area contributed by atoms with E-state index in [1.165, 1.54) is 42.6 Å². The van der Waals surface area contributed by atoms with Gasteiger partial charge in [-0.3, -0.25) is 4.79 Å². The van der Waals surface area contributed by atoms with E-state index in [9.17, 15) is 4.79 Å². The Kier molecular flexibility index (Phi) is 4.01. The fourth-order valence-electron chi connectivity index (χ4n) is 4.63. The van der Waals surface area contributed by atoms with Crippen LogP contribution >= 0.6 is 11.3 Å². The van der Waals surface area contributed by atoms with E-state index in [2.05, 4.69) is 39.2 Å². The standard InChI is InChI=1S/C21H20N4OS/c26-20(16-13-24-19(27-16)18-22-11-6-12-23-18)25-14-21(9-4-5-10-21)17(25)15-7-2-1-3-8-15/h1-3,6-8,11-13,17H,4-5,9-10,14H2/t17-/m0/s1. The fourth-order valence-corrected chi connectivity index (χ4v) is 5.45. The summed E-state index contributed by atoms with van der Waals surface area (Å²) in [6.07, 6.45) is 10.00. The van der Waals surface area contributed by atoms with Gasteiger partial charge in [0.25, 0.3) is 5.91 Å². The number of aromatic nitrogens is 3. The van der Waals surface area contributed by atoms with Gasteiger partial charge in [-0.15, -0.1) is 11.3 Å². The van der Waals surface area contributed by atoms with Crippen molar-refractivity contribution < 1.29 is 4.79 Å². The lowest BCUT2D eigenvalue weighted by molar-refractivity contribution is -0.0508. The highest BCUT2D eigenvalue weighted by atomic mass is 32.1. The molecule has 1 aliphatic carbocycles. The van der Waals surface area contributed by atoms with Gasteiger partial charge in [-0.05, 0) is 24.5 Å². The number of hydrogen-bond acceptors (Lipinski definition) is 5. The van der Waals surface area contributed by atoms with Crippen LogP contribution in [0.1, 0.15) is 47.0 Å². The lowest BCUT2D eigenvalue weighted by atomic mass is 9.67. The quantitative estimate of drug-likeness (QED) is 0.681. The normalized spacial score (nSPS) is 20.6. The smallest absolute Gasteiger partial charge is 0.266 e. The molecule has 1 saturated heterocycles. The Morgan fingerprint density at radius 3 is 2.52 bits per heavy atom. The summed E-state index contributed by atoms with van der Waals surface area (Å²) in [5.41, 5.74) is 1.50. The molecule has 5 nitrogen and oxygen atoms in total. The molecule has 5 rings (SSSR count). The van der Waals surface area contributed by atoms with Gasteiger partial charge < -0.3 is 4.90 Å². The van der Waals surface area contributed by atoms with Gasteiger partial charge in [0.2, 0.25) is 0 Å². The molecule has 27 heavy (non-hydrogen) atoms. The van der Waals surface area contributed by atoms with Crippen LogP contribution in [0.2, 0.25) is 0 Å². The molecular formula is C21H20N4OS. The minimum Gasteiger partial charge on any atom is -0.330 e. The van der Waals surface area contributed by atoms with Crippen molar-refractivity contribution in [1.82, 2.24) is 19.9 Å². The first kappa shape index (κ1) is 16.6. The number of carbonyl (C=O) groups excluding carboxylic acids is 1. The van der Waals surface area contributed by atoms with Gasteiger partial charge in [0, 0.05) is 24.4 Å². The predicted molar refractivity (Wildman–Crippen MR) is 104 cm³/mol. The van der Waals surface area contributed by atoms with Crippen molar-refractivity contribution in [3.8, 4) is 10.8 Å². The van der Waals surface area contributed by atoms with E-state index in [4.69, 9.17) is 0 Å². The van der Waals surface area contributed by atoms with E-state index in [-0.39, 0.29) is 17.4 Å². The summed E-state index contributed by atoms with van der Waals surface area (Å²) in [6.45, 7) is 0.848. The maximum Gasteiger partial charge on any atom is 0.266 e. The molecule has 1 saturated carbocycles. The van der Waals surface area contributed by atoms with Crippen molar-refractivity contribution in [2.24, 2.45) is 5.41 Å². The highest BCUT2D eigenvalue weighted by Crippen LogP contribution is 2.58. The van der Waals surface area contributed by atoms with E-state index in [0.29, 0.717) is 15.7 Å². The van der Waals surface area contributed by atoms with Crippen LogP contribution in [0.4, 0.5) is 0 Å². The summed E-state index contributed by atoms with van der Waals surface area (Å²) < 4.78 is 0. The van der Waals surface area contributed by atoms with Crippen LogP contribution in [0.3, 0.4) is 0 Å². The first-order valence-corrected chi connectivity index (χ1v) is 10.2. The average molecular weight is 376 g/mol. The molecule has 0 unspecified atom stereocenters. The number of likely N-dealkylation sites (tertiary alicyclic amines) is 1. The number of nitrogens with zero attached hydrogens (tertiary/aromatic N) is 4. The van der Waals surface area contributed by atoms with E-state index in [0.717, 1.165) is 6.54 Å². The van der Waals surface area contributed by atoms with E-state index >= 15 is 0 Å². The summed E-state index contributed by atoms with van der Waals surface area (Å²) in [5, 5.41) is 0.686. The molecule has 0 bridgehead atoms. The van der Waals surface area contributed by atoms with Crippen LogP contribution in [0.15, 0.2) is 55.0 Å². The fraction of sp³-hybridized carbons (Fsp3) is 0.333. The van der Waals surface area contributed by atoms with Crippen molar-refractivity contribution in [1.29, 1.82) is 0 Å². The van der Waals surface area contributed by atoms with Crippen molar-refractivity contribution >= 4 is 17.2 Å². The first-order chi connectivity index (χ1) is 13.3. The second kappa shape index (κ2) is 6.53. The molecule has 1 atom stereocenters. The molecule has 1 aromatic carbocycles. The van der Waals surface area contributed by atoms with Crippen LogP contribution in [0.5, 0.6) is 0 Å². The Morgan fingerprint density at radius 1 is 1.04 bits per heavy atom. The zero-order chi connectivity index (χ0) is 18.3. The van der Waals surface area contributed by atoms with Crippen molar-refractivity contribution in [3.05, 3.63) is 65.4 Å². The summed E-state index contributed by atoms with van der Waals surface area (Å²) in [5.74, 6) is 0.637. The lowest BCUT2D eigenvalue weighted by Crippen LogP contribution is -2.59. The Balaban J connectivity index is 1.44. The number of amides is 1. The number of hydrogen-bond donors (Lipinski definition) is 0. The van der Waals surface area contributed by atoms with Crippen molar-refractivity contribution in [2.75, 3.05) is 6.54 Å². The van der Waals surface area contributed by atoms with Crippen LogP contribution < -0.4 is 0 Å². The number of thiazole rings is 1. The predicted octanol–water partition coefficient (Wildman–Crippen LogP) is 4.36. The minimum absolute atomic E-state index is 0.0704. The third kappa shape index (κ3) is 2.75. The highest BCUT2D eigenvalue weighted by Gasteiger charge is 2.56. The molecule has 1 spiro atoms. The monoisotopic (exact) mass is 376 g/mol. The molecule has 0 radical (unpaired) electrons. The maximum atomic E-state index is 13.3. The van der Waals surface area contributed by atoms with Crippen LogP contribution in [-0.4, -0.2) is 32.3 Å². The second-order valence-corrected chi connectivity index (χ2v) is 8.45. The third-order valence-electron chi connectivity index (χ3n) is 5.83. The van der Waals surface area contributed by atoms with Crippen molar-refractivity contribution in [2.45, 2.75) is 31.7 Å². The van der Waals surface area contributed by atoms with Crippen LogP contribution in [0.25, 0.3) is 10.8 Å². The van der Waals surface area contributed by atoms with Crippen LogP contribution in [-0.2, 0) is 0 Å². The lowest BCUT2D eigenvalue weighted by Gasteiger charge is -2.56. The average Bonchev–Trinajstić information content (AvgIpc) is 3.38.